The molecule has 1 aliphatic heterocycles. The Labute approximate surface area is 240 Å². The molecule has 14 nitrogen and oxygen atoms in total. The van der Waals surface area contributed by atoms with Crippen LogP contribution in [-0.4, -0.2) is 58.9 Å². The lowest BCUT2D eigenvalue weighted by Gasteiger charge is -2.28. The minimum absolute atomic E-state index is 0.0255. The number of amides is 2. The molecule has 1 aromatic rings. The molecule has 0 N–H and O–H groups in total. The van der Waals surface area contributed by atoms with E-state index in [1.807, 2.05) is 13.0 Å². The first-order valence-corrected chi connectivity index (χ1v) is 14.9. The Morgan fingerprint density at radius 1 is 1.10 bits per heavy atom. The quantitative estimate of drug-likeness (QED) is 0.219. The summed E-state index contributed by atoms with van der Waals surface area (Å²) in [4.78, 5) is 43.2. The maximum atomic E-state index is 13.0. The van der Waals surface area contributed by atoms with Crippen LogP contribution in [0.5, 0.6) is 0 Å². The van der Waals surface area contributed by atoms with E-state index in [0.717, 1.165) is 6.42 Å². The molecule has 1 aromatic heterocycles. The summed E-state index contributed by atoms with van der Waals surface area (Å²) in [5.41, 5.74) is -2.63. The second-order valence-corrected chi connectivity index (χ2v) is 12.9. The van der Waals surface area contributed by atoms with Crippen LogP contribution in [-0.2, 0) is 32.3 Å². The molecule has 230 valence electrons. The summed E-state index contributed by atoms with van der Waals surface area (Å²) in [6.07, 6.45) is 0.371. The molecule has 15 heteroatoms. The third kappa shape index (κ3) is 11.5. The van der Waals surface area contributed by atoms with Gasteiger partial charge in [0.05, 0.1) is 38.4 Å². The molecule has 2 rings (SSSR count). The lowest BCUT2D eigenvalue weighted by Crippen LogP contribution is -2.45. The fourth-order valence-electron chi connectivity index (χ4n) is 3.45. The number of carbonyl (C=O) groups excluding carboxylic acids is 2. The zero-order chi connectivity index (χ0) is 30.8. The fourth-order valence-corrected chi connectivity index (χ4v) is 4.69. The van der Waals surface area contributed by atoms with Crippen molar-refractivity contribution in [2.45, 2.75) is 104 Å². The number of nitriles is 1. The topological polar surface area (TPSA) is 169 Å². The lowest BCUT2D eigenvalue weighted by atomic mass is 10.2. The number of anilines is 1. The minimum Gasteiger partial charge on any atom is -0.443 e. The normalized spacial score (nSPS) is 18.8. The summed E-state index contributed by atoms with van der Waals surface area (Å²) in [7, 11) is -3.90. The maximum Gasteiger partial charge on any atom is 0.474 e. The molecule has 0 aromatic carbocycles. The van der Waals surface area contributed by atoms with Gasteiger partial charge in [-0.25, -0.2) is 18.9 Å². The Bertz CT molecular complexity index is 1160. The average molecular weight is 601 g/mol. The van der Waals surface area contributed by atoms with Gasteiger partial charge in [-0.3, -0.25) is 18.1 Å². The monoisotopic (exact) mass is 600 g/mol. The van der Waals surface area contributed by atoms with Gasteiger partial charge < -0.3 is 14.2 Å². The SMILES string of the molecule is CCCCOP(=O)(OCCC#N)OC[C@@H]1CC[C@H](n2ccc(N(C(=O)OC(C)(C)C)C(=O)OC(C)(C)C)nc2=O)O1. The van der Waals surface area contributed by atoms with Crippen molar-refractivity contribution in [2.75, 3.05) is 24.7 Å². The summed E-state index contributed by atoms with van der Waals surface area (Å²) in [6, 6.07) is 3.21. The zero-order valence-corrected chi connectivity index (χ0v) is 25.7. The van der Waals surface area contributed by atoms with Crippen LogP contribution in [0, 0.1) is 11.3 Å². The van der Waals surface area contributed by atoms with Gasteiger partial charge in [-0.2, -0.15) is 15.1 Å². The van der Waals surface area contributed by atoms with Crippen LogP contribution in [0.4, 0.5) is 15.4 Å². The first-order chi connectivity index (χ1) is 19.1. The molecule has 0 bridgehead atoms. The number of nitrogens with zero attached hydrogens (tertiary/aromatic N) is 4. The van der Waals surface area contributed by atoms with Gasteiger partial charge in [0.25, 0.3) is 0 Å². The van der Waals surface area contributed by atoms with Gasteiger partial charge in [0, 0.05) is 6.20 Å². The van der Waals surface area contributed by atoms with Crippen molar-refractivity contribution in [2.24, 2.45) is 0 Å². The highest BCUT2D eigenvalue weighted by molar-refractivity contribution is 7.48. The summed E-state index contributed by atoms with van der Waals surface area (Å²) in [6.45, 7) is 11.7. The van der Waals surface area contributed by atoms with Crippen LogP contribution in [0.1, 0.15) is 86.8 Å². The second kappa shape index (κ2) is 14.9. The van der Waals surface area contributed by atoms with Gasteiger partial charge in [0.2, 0.25) is 0 Å². The number of phosphoric ester groups is 1. The highest BCUT2D eigenvalue weighted by Gasteiger charge is 2.36. The molecule has 1 fully saturated rings. The molecule has 2 amide bonds. The van der Waals surface area contributed by atoms with Gasteiger partial charge in [-0.15, -0.1) is 0 Å². The van der Waals surface area contributed by atoms with Gasteiger partial charge in [0.15, 0.2) is 5.82 Å². The van der Waals surface area contributed by atoms with Crippen molar-refractivity contribution in [3.05, 3.63) is 22.7 Å². The molecule has 3 atom stereocenters. The molecule has 2 heterocycles. The van der Waals surface area contributed by atoms with E-state index in [0.29, 0.717) is 24.2 Å². The Morgan fingerprint density at radius 2 is 1.71 bits per heavy atom. The maximum absolute atomic E-state index is 13.0. The number of imide groups is 1. The van der Waals surface area contributed by atoms with E-state index in [9.17, 15) is 18.9 Å². The van der Waals surface area contributed by atoms with Crippen molar-refractivity contribution in [3.63, 3.8) is 0 Å². The zero-order valence-electron chi connectivity index (χ0n) is 24.8. The van der Waals surface area contributed by atoms with E-state index in [1.54, 1.807) is 41.5 Å². The van der Waals surface area contributed by atoms with E-state index >= 15 is 0 Å². The van der Waals surface area contributed by atoms with Gasteiger partial charge in [-0.05, 0) is 66.9 Å². The summed E-state index contributed by atoms with van der Waals surface area (Å²) in [5.74, 6) is -0.271. The van der Waals surface area contributed by atoms with Crippen molar-refractivity contribution >= 4 is 25.8 Å². The smallest absolute Gasteiger partial charge is 0.443 e. The average Bonchev–Trinajstić information content (AvgIpc) is 3.30. The van der Waals surface area contributed by atoms with Gasteiger partial charge in [-0.1, -0.05) is 13.3 Å². The van der Waals surface area contributed by atoms with E-state index in [2.05, 4.69) is 4.98 Å². The Kier molecular flexibility index (Phi) is 12.5. The number of rotatable bonds is 12. The highest BCUT2D eigenvalue weighted by atomic mass is 31.2. The largest absolute Gasteiger partial charge is 0.474 e. The molecule has 0 saturated carbocycles. The van der Waals surface area contributed by atoms with Crippen LogP contribution in [0.15, 0.2) is 17.1 Å². The molecule has 1 saturated heterocycles. The lowest BCUT2D eigenvalue weighted by molar-refractivity contribution is -0.0278. The standard InChI is InChI=1S/C26H41N4O10P/c1-8-9-16-35-41(34,36-17-10-14-27)37-18-19-11-12-21(38-19)29-15-13-20(28-22(29)31)30(23(32)39-25(2,3)4)24(33)40-26(5,6)7/h13,15,19,21H,8-12,16-18H2,1-7H3/t19-,21+,41?/m0/s1. The summed E-state index contributed by atoms with van der Waals surface area (Å²) < 4.78 is 46.8. The molecule has 1 aliphatic rings. The van der Waals surface area contributed by atoms with Gasteiger partial charge in [0.1, 0.15) is 17.4 Å². The first-order valence-electron chi connectivity index (χ1n) is 13.5. The minimum atomic E-state index is -3.90. The van der Waals surface area contributed by atoms with Gasteiger partial charge >= 0.3 is 25.7 Å². The molecule has 0 spiro atoms. The Balaban J connectivity index is 2.15. The number of aromatic nitrogens is 2. The molecule has 1 unspecified atom stereocenters. The van der Waals surface area contributed by atoms with E-state index in [1.165, 1.54) is 16.8 Å². The fraction of sp³-hybridized carbons (Fsp3) is 0.731. The molecule has 0 aliphatic carbocycles. The highest BCUT2D eigenvalue weighted by Crippen LogP contribution is 2.50. The molecule has 0 radical (unpaired) electrons. The third-order valence-electron chi connectivity index (χ3n) is 5.22. The summed E-state index contributed by atoms with van der Waals surface area (Å²) >= 11 is 0. The molecular weight excluding hydrogens is 559 g/mol. The molecule has 41 heavy (non-hydrogen) atoms. The molecular formula is C26H41N4O10P. The number of unbranched alkanes of at least 4 members (excludes halogenated alkanes) is 1. The number of ether oxygens (including phenoxy) is 3. The van der Waals surface area contributed by atoms with Crippen molar-refractivity contribution in [3.8, 4) is 6.07 Å². The van der Waals surface area contributed by atoms with Crippen LogP contribution >= 0.6 is 7.82 Å². The van der Waals surface area contributed by atoms with E-state index in [-0.39, 0.29) is 32.1 Å². The van der Waals surface area contributed by atoms with Crippen molar-refractivity contribution < 1.29 is 41.9 Å². The van der Waals surface area contributed by atoms with Crippen LogP contribution in [0.25, 0.3) is 0 Å². The summed E-state index contributed by atoms with van der Waals surface area (Å²) in [5, 5.41) is 8.73. The number of phosphoric acid groups is 1. The first kappa shape index (κ1) is 34.4. The van der Waals surface area contributed by atoms with Crippen molar-refractivity contribution in [1.29, 1.82) is 5.26 Å². The van der Waals surface area contributed by atoms with Crippen LogP contribution in [0.3, 0.4) is 0 Å². The van der Waals surface area contributed by atoms with E-state index in [4.69, 9.17) is 33.0 Å². The predicted octanol–water partition coefficient (Wildman–Crippen LogP) is 5.47. The van der Waals surface area contributed by atoms with Crippen molar-refractivity contribution in [1.82, 2.24) is 9.55 Å². The number of carbonyl (C=O) groups is 2. The number of hydrogen-bond donors (Lipinski definition) is 0. The Morgan fingerprint density at radius 3 is 2.24 bits per heavy atom. The predicted molar refractivity (Wildman–Crippen MR) is 147 cm³/mol. The Hall–Kier alpha value is -2.82. The number of hydrogen-bond acceptors (Lipinski definition) is 12. The van der Waals surface area contributed by atoms with E-state index < -0.39 is 49.2 Å². The van der Waals surface area contributed by atoms with Crippen LogP contribution < -0.4 is 10.6 Å². The second-order valence-electron chi connectivity index (χ2n) is 11.2. The third-order valence-corrected chi connectivity index (χ3v) is 6.68. The van der Waals surface area contributed by atoms with Crippen LogP contribution in [0.2, 0.25) is 0 Å².